The van der Waals surface area contributed by atoms with Gasteiger partial charge in [0.1, 0.15) is 0 Å². The molecule has 0 aliphatic carbocycles. The van der Waals surface area contributed by atoms with E-state index in [-0.39, 0.29) is 0 Å². The summed E-state index contributed by atoms with van der Waals surface area (Å²) in [6.07, 6.45) is 26.7. The summed E-state index contributed by atoms with van der Waals surface area (Å²) in [5.74, 6) is 0. The zero-order valence-corrected chi connectivity index (χ0v) is 28.9. The maximum absolute atomic E-state index is 2.81. The van der Waals surface area contributed by atoms with Crippen LogP contribution in [-0.2, 0) is 0 Å². The van der Waals surface area contributed by atoms with Crippen molar-refractivity contribution in [2.45, 2.75) is 145 Å². The number of unbranched alkanes of at least 4 members (excludes halogenated alkanes) is 6. The molecule has 0 fully saturated rings. The number of rotatable bonds is 22. The summed E-state index contributed by atoms with van der Waals surface area (Å²) in [4.78, 5) is 0. The quantitative estimate of drug-likeness (QED) is 0.0803. The van der Waals surface area contributed by atoms with Crippen molar-refractivity contribution in [2.24, 2.45) is 0 Å². The van der Waals surface area contributed by atoms with E-state index in [2.05, 4.69) is 74.0 Å². The van der Waals surface area contributed by atoms with Crippen LogP contribution in [0.25, 0.3) is 0 Å². The molecule has 0 aromatic rings. The van der Waals surface area contributed by atoms with Crippen LogP contribution < -0.4 is 0 Å². The van der Waals surface area contributed by atoms with Crippen LogP contribution in [0.15, 0.2) is 32.5 Å². The van der Waals surface area contributed by atoms with Gasteiger partial charge in [-0.3, -0.25) is 0 Å². The number of allylic oxidation sites excluding steroid dienone is 4. The standard InChI is InChI=1S/C6H6.6C4H9.2Sn/c1-3-5-6-4-2;6*1-3-4-2;;/h1-6H;6*1,3-4H2,2H3;;/b3-1?,4-2?,6-5+;;;;;;;;. The minimum absolute atomic E-state index is 1.37. The third-order valence-corrected chi connectivity index (χ3v) is 35.6. The van der Waals surface area contributed by atoms with Crippen LogP contribution >= 0.6 is 0 Å². The van der Waals surface area contributed by atoms with E-state index >= 15 is 0 Å². The molecule has 0 aliphatic heterocycles. The summed E-state index contributed by atoms with van der Waals surface area (Å²) in [7, 11) is 0. The molecule has 0 nitrogen and oxygen atoms in total. The average molecular weight is 658 g/mol. The van der Waals surface area contributed by atoms with Crippen molar-refractivity contribution >= 4 is 36.8 Å². The summed E-state index contributed by atoms with van der Waals surface area (Å²) in [6, 6.07) is 0. The molecule has 0 saturated heterocycles. The molecule has 32 heavy (non-hydrogen) atoms. The van der Waals surface area contributed by atoms with Crippen LogP contribution in [-0.4, -0.2) is 36.8 Å². The van der Waals surface area contributed by atoms with Gasteiger partial charge in [-0.2, -0.15) is 0 Å². The molecule has 0 aliphatic rings. The molecule has 2 heteroatoms. The van der Waals surface area contributed by atoms with Crippen LogP contribution in [0.5, 0.6) is 0 Å². The molecule has 0 unspecified atom stereocenters. The fraction of sp³-hybridized carbons (Fsp3) is 0.800. The second-order valence-corrected chi connectivity index (χ2v) is 36.5. The second kappa shape index (κ2) is 22.3. The summed E-state index contributed by atoms with van der Waals surface area (Å²) < 4.78 is 15.1. The molecular weight excluding hydrogens is 598 g/mol. The molecule has 0 atom stereocenters. The second-order valence-electron chi connectivity index (χ2n) is 10.4. The van der Waals surface area contributed by atoms with Gasteiger partial charge in [-0.15, -0.1) is 0 Å². The van der Waals surface area contributed by atoms with Crippen LogP contribution in [0.4, 0.5) is 0 Å². The van der Waals surface area contributed by atoms with Crippen LogP contribution in [0.3, 0.4) is 0 Å². The van der Waals surface area contributed by atoms with Gasteiger partial charge in [-0.05, 0) is 0 Å². The van der Waals surface area contributed by atoms with Gasteiger partial charge in [-0.1, -0.05) is 0 Å². The third kappa shape index (κ3) is 15.7. The molecule has 0 bridgehead atoms. The predicted octanol–water partition coefficient (Wildman–Crippen LogP) is 11.4. The normalized spacial score (nSPS) is 13.3. The van der Waals surface area contributed by atoms with E-state index in [0.29, 0.717) is 0 Å². The van der Waals surface area contributed by atoms with Gasteiger partial charge in [0.25, 0.3) is 0 Å². The Bertz CT molecular complexity index is 402. The summed E-state index contributed by atoms with van der Waals surface area (Å²) in [5, 5.41) is 0. The first-order chi connectivity index (χ1) is 15.6. The summed E-state index contributed by atoms with van der Waals surface area (Å²) in [5.41, 5.74) is 0. The van der Waals surface area contributed by atoms with Gasteiger partial charge in [0.05, 0.1) is 0 Å². The third-order valence-electron chi connectivity index (χ3n) is 7.40. The molecule has 0 N–H and O–H groups in total. The summed E-state index contributed by atoms with van der Waals surface area (Å²) >= 11 is -4.23. The van der Waals surface area contributed by atoms with Crippen LogP contribution in [0.1, 0.15) is 119 Å². The van der Waals surface area contributed by atoms with Crippen molar-refractivity contribution in [3.8, 4) is 0 Å². The van der Waals surface area contributed by atoms with E-state index in [0.717, 1.165) is 0 Å². The van der Waals surface area contributed by atoms with Crippen molar-refractivity contribution in [3.05, 3.63) is 32.5 Å². The van der Waals surface area contributed by atoms with Gasteiger partial charge in [0.15, 0.2) is 0 Å². The fourth-order valence-corrected chi connectivity index (χ4v) is 33.3. The monoisotopic (exact) mass is 660 g/mol. The zero-order valence-electron chi connectivity index (χ0n) is 23.2. The van der Waals surface area contributed by atoms with Crippen molar-refractivity contribution < 1.29 is 0 Å². The van der Waals surface area contributed by atoms with Crippen molar-refractivity contribution in [1.82, 2.24) is 0 Å². The molecule has 0 spiro atoms. The Morgan fingerprint density at radius 3 is 0.750 bits per heavy atom. The predicted molar refractivity (Wildman–Crippen MR) is 157 cm³/mol. The van der Waals surface area contributed by atoms with Crippen molar-refractivity contribution in [1.29, 1.82) is 0 Å². The number of hydrogen-bond acceptors (Lipinski definition) is 0. The van der Waals surface area contributed by atoms with Crippen molar-refractivity contribution in [3.63, 3.8) is 0 Å². The molecule has 0 radical (unpaired) electrons. The minimum atomic E-state index is -2.11. The molecule has 0 heterocycles. The van der Waals surface area contributed by atoms with Crippen LogP contribution in [0, 0.1) is 0 Å². The van der Waals surface area contributed by atoms with Gasteiger partial charge in [0, 0.05) is 0 Å². The molecular formula is C30H60Sn2. The van der Waals surface area contributed by atoms with Crippen molar-refractivity contribution in [2.75, 3.05) is 0 Å². The Morgan fingerprint density at radius 1 is 0.344 bits per heavy atom. The molecule has 0 aromatic carbocycles. The topological polar surface area (TPSA) is 0 Å². The Balaban J connectivity index is 5.36. The van der Waals surface area contributed by atoms with E-state index in [1.165, 1.54) is 77.0 Å². The van der Waals surface area contributed by atoms with Gasteiger partial charge in [-0.25, -0.2) is 0 Å². The van der Waals surface area contributed by atoms with E-state index in [4.69, 9.17) is 0 Å². The van der Waals surface area contributed by atoms with E-state index in [1.807, 2.05) is 0 Å². The number of hydrogen-bond donors (Lipinski definition) is 0. The fourth-order valence-electron chi connectivity index (χ4n) is 5.07. The first kappa shape index (κ1) is 32.8. The van der Waals surface area contributed by atoms with E-state index < -0.39 is 36.8 Å². The Labute approximate surface area is 212 Å². The van der Waals surface area contributed by atoms with E-state index in [1.54, 1.807) is 26.6 Å². The zero-order chi connectivity index (χ0) is 24.0. The first-order valence-corrected chi connectivity index (χ1v) is 30.0. The molecule has 188 valence electrons. The Morgan fingerprint density at radius 2 is 0.562 bits per heavy atom. The van der Waals surface area contributed by atoms with Crippen LogP contribution in [0.2, 0.25) is 26.6 Å². The van der Waals surface area contributed by atoms with E-state index in [9.17, 15) is 0 Å². The Kier molecular flexibility index (Phi) is 22.9. The molecule has 0 amide bonds. The molecule has 0 rings (SSSR count). The van der Waals surface area contributed by atoms with Gasteiger partial charge < -0.3 is 0 Å². The maximum atomic E-state index is 2.81. The average Bonchev–Trinajstić information content (AvgIpc) is 2.82. The Hall–Kier alpha value is 0.817. The van der Waals surface area contributed by atoms with Gasteiger partial charge in [0.2, 0.25) is 0 Å². The molecule has 0 aromatic heterocycles. The summed E-state index contributed by atoms with van der Waals surface area (Å²) in [6.45, 7) is 14.2. The van der Waals surface area contributed by atoms with Gasteiger partial charge >= 0.3 is 214 Å². The molecule has 0 saturated carbocycles. The first-order valence-electron chi connectivity index (χ1n) is 14.6. The SMILES string of the molecule is CCC[CH2][Sn](/[CH]=C/C=C/C=[CH]/[Sn]([CH2]CCC)([CH2]CCC)[CH2]CCC)([CH2]CCC)[CH2]CCC.